The van der Waals surface area contributed by atoms with Crippen molar-refractivity contribution in [2.24, 2.45) is 10.1 Å². The summed E-state index contributed by atoms with van der Waals surface area (Å²) in [6.45, 7) is 3.30. The summed E-state index contributed by atoms with van der Waals surface area (Å²) in [4.78, 5) is 4.43. The second-order valence-corrected chi connectivity index (χ2v) is 7.82. The number of halogens is 3. The van der Waals surface area contributed by atoms with Crippen molar-refractivity contribution in [3.05, 3.63) is 65.2 Å². The van der Waals surface area contributed by atoms with Gasteiger partial charge in [-0.3, -0.25) is 0 Å². The first-order valence-corrected chi connectivity index (χ1v) is 10.4. The van der Waals surface area contributed by atoms with Crippen LogP contribution in [-0.2, 0) is 29.2 Å². The Kier molecular flexibility index (Phi) is 7.63. The minimum absolute atomic E-state index is 0.0562. The molecule has 0 aliphatic carbocycles. The van der Waals surface area contributed by atoms with Crippen LogP contribution < -0.4 is 15.8 Å². The summed E-state index contributed by atoms with van der Waals surface area (Å²) < 4.78 is 60.4. The smallest absolute Gasteiger partial charge is 0.357 e. The van der Waals surface area contributed by atoms with Crippen LogP contribution in [-0.4, -0.2) is 27.5 Å². The molecule has 2 aromatic rings. The molecular weight excluding hydrogens is 405 g/mol. The lowest BCUT2D eigenvalue weighted by Crippen LogP contribution is -2.38. The molecule has 0 spiro atoms. The van der Waals surface area contributed by atoms with E-state index in [-0.39, 0.29) is 11.4 Å². The highest BCUT2D eigenvalue weighted by molar-refractivity contribution is 7.89. The molecule has 29 heavy (non-hydrogen) atoms. The molecule has 0 bridgehead atoms. The third-order valence-corrected chi connectivity index (χ3v) is 4.93. The van der Waals surface area contributed by atoms with Crippen LogP contribution in [0.15, 0.2) is 58.4 Å². The minimum atomic E-state index is -4.36. The van der Waals surface area contributed by atoms with E-state index in [0.717, 1.165) is 17.7 Å². The molecule has 0 amide bonds. The van der Waals surface area contributed by atoms with E-state index >= 15 is 0 Å². The lowest BCUT2D eigenvalue weighted by atomic mass is 10.1. The monoisotopic (exact) mass is 428 g/mol. The summed E-state index contributed by atoms with van der Waals surface area (Å²) in [6.07, 6.45) is -3.74. The predicted octanol–water partition coefficient (Wildman–Crippen LogP) is 2.65. The second kappa shape index (κ2) is 9.75. The van der Waals surface area contributed by atoms with Crippen molar-refractivity contribution in [3.63, 3.8) is 0 Å². The van der Waals surface area contributed by atoms with E-state index in [1.807, 2.05) is 6.92 Å². The van der Waals surface area contributed by atoms with E-state index in [4.69, 9.17) is 5.14 Å². The highest BCUT2D eigenvalue weighted by Crippen LogP contribution is 2.29. The Morgan fingerprint density at radius 3 is 2.10 bits per heavy atom. The molecule has 0 aromatic heterocycles. The third-order valence-electron chi connectivity index (χ3n) is 4.00. The topological polar surface area (TPSA) is 96.6 Å². The molecule has 2 rings (SSSR count). The molecule has 0 saturated carbocycles. The van der Waals surface area contributed by atoms with Gasteiger partial charge >= 0.3 is 6.18 Å². The Hall–Kier alpha value is -2.59. The Balaban J connectivity index is 1.92. The molecule has 0 aliphatic heterocycles. The molecular formula is C19H23F3N4O2S. The summed E-state index contributed by atoms with van der Waals surface area (Å²) >= 11 is 0. The van der Waals surface area contributed by atoms with E-state index in [0.29, 0.717) is 31.0 Å². The van der Waals surface area contributed by atoms with Gasteiger partial charge in [-0.2, -0.15) is 13.2 Å². The van der Waals surface area contributed by atoms with Gasteiger partial charge < -0.3 is 10.6 Å². The first-order chi connectivity index (χ1) is 13.6. The van der Waals surface area contributed by atoms with E-state index in [2.05, 4.69) is 15.6 Å². The molecule has 0 heterocycles. The van der Waals surface area contributed by atoms with E-state index in [1.54, 1.807) is 12.1 Å². The van der Waals surface area contributed by atoms with Crippen LogP contribution in [0.3, 0.4) is 0 Å². The number of benzene rings is 2. The zero-order valence-corrected chi connectivity index (χ0v) is 16.6. The maximum atomic E-state index is 12.6. The van der Waals surface area contributed by atoms with Gasteiger partial charge in [-0.15, -0.1) is 0 Å². The molecule has 0 unspecified atom stereocenters. The average molecular weight is 428 g/mol. The molecule has 6 nitrogen and oxygen atoms in total. The summed E-state index contributed by atoms with van der Waals surface area (Å²) in [5.74, 6) is 0.536. The molecule has 0 atom stereocenters. The van der Waals surface area contributed by atoms with E-state index in [9.17, 15) is 21.6 Å². The van der Waals surface area contributed by atoms with Gasteiger partial charge in [0.15, 0.2) is 5.96 Å². The summed E-state index contributed by atoms with van der Waals surface area (Å²) in [7, 11) is -3.71. The minimum Gasteiger partial charge on any atom is -0.357 e. The fourth-order valence-electron chi connectivity index (χ4n) is 2.48. The molecule has 10 heteroatoms. The van der Waals surface area contributed by atoms with Crippen LogP contribution in [0, 0.1) is 0 Å². The van der Waals surface area contributed by atoms with E-state index < -0.39 is 21.8 Å². The van der Waals surface area contributed by atoms with Crippen molar-refractivity contribution in [3.8, 4) is 0 Å². The van der Waals surface area contributed by atoms with Gasteiger partial charge in [-0.25, -0.2) is 18.5 Å². The summed E-state index contributed by atoms with van der Waals surface area (Å²) in [5.41, 5.74) is 0.890. The molecule has 2 aromatic carbocycles. The molecule has 0 aliphatic rings. The number of primary sulfonamides is 1. The van der Waals surface area contributed by atoms with Crippen LogP contribution in [0.1, 0.15) is 23.6 Å². The molecule has 0 fully saturated rings. The van der Waals surface area contributed by atoms with Gasteiger partial charge in [-0.05, 0) is 48.7 Å². The fraction of sp³-hybridized carbons (Fsp3) is 0.316. The molecule has 4 N–H and O–H groups in total. The Bertz CT molecular complexity index is 925. The van der Waals surface area contributed by atoms with Gasteiger partial charge in [0.25, 0.3) is 0 Å². The quantitative estimate of drug-likeness (QED) is 0.467. The number of nitrogens with two attached hydrogens (primary N) is 1. The summed E-state index contributed by atoms with van der Waals surface area (Å²) in [6, 6.07) is 11.2. The highest BCUT2D eigenvalue weighted by atomic mass is 32.2. The van der Waals surface area contributed by atoms with Crippen LogP contribution >= 0.6 is 0 Å². The number of rotatable bonds is 7. The maximum absolute atomic E-state index is 12.6. The Labute approximate surface area is 168 Å². The lowest BCUT2D eigenvalue weighted by Gasteiger charge is -2.12. The number of aliphatic imine (C=N–C) groups is 1. The number of nitrogens with one attached hydrogen (secondary N) is 2. The van der Waals surface area contributed by atoms with Gasteiger partial charge in [-0.1, -0.05) is 24.3 Å². The number of guanidine groups is 1. The Morgan fingerprint density at radius 1 is 1.00 bits per heavy atom. The number of nitrogens with zero attached hydrogens (tertiary/aromatic N) is 1. The van der Waals surface area contributed by atoms with Crippen molar-refractivity contribution in [1.82, 2.24) is 10.6 Å². The van der Waals surface area contributed by atoms with Gasteiger partial charge in [0.1, 0.15) is 0 Å². The number of sulfonamides is 1. The average Bonchev–Trinajstić information content (AvgIpc) is 2.65. The predicted molar refractivity (Wildman–Crippen MR) is 106 cm³/mol. The van der Waals surface area contributed by atoms with Crippen LogP contribution in [0.25, 0.3) is 0 Å². The third kappa shape index (κ3) is 7.39. The highest BCUT2D eigenvalue weighted by Gasteiger charge is 2.29. The molecule has 0 radical (unpaired) electrons. The SMILES string of the molecule is CCNC(=NCc1ccc(C(F)(F)F)cc1)NCCc1ccc(S(N)(=O)=O)cc1. The van der Waals surface area contributed by atoms with Crippen molar-refractivity contribution >= 4 is 16.0 Å². The van der Waals surface area contributed by atoms with Crippen molar-refractivity contribution in [2.75, 3.05) is 13.1 Å². The largest absolute Gasteiger partial charge is 0.416 e. The van der Waals surface area contributed by atoms with Gasteiger partial charge in [0.05, 0.1) is 17.0 Å². The lowest BCUT2D eigenvalue weighted by molar-refractivity contribution is -0.137. The first-order valence-electron chi connectivity index (χ1n) is 8.89. The van der Waals surface area contributed by atoms with Crippen molar-refractivity contribution in [1.29, 1.82) is 0 Å². The second-order valence-electron chi connectivity index (χ2n) is 6.26. The first kappa shape index (κ1) is 22.7. The number of hydrogen-bond acceptors (Lipinski definition) is 3. The molecule has 0 saturated heterocycles. The number of alkyl halides is 3. The van der Waals surface area contributed by atoms with Gasteiger partial charge in [0.2, 0.25) is 10.0 Å². The normalized spacial score (nSPS) is 12.7. The van der Waals surface area contributed by atoms with Gasteiger partial charge in [0, 0.05) is 13.1 Å². The van der Waals surface area contributed by atoms with Crippen LogP contribution in [0.5, 0.6) is 0 Å². The summed E-state index contributed by atoms with van der Waals surface area (Å²) in [5, 5.41) is 11.3. The standard InChI is InChI=1S/C19H23F3N4O2S/c1-2-24-18(26-13-15-3-7-16(8-4-15)19(20,21)22)25-12-11-14-5-9-17(10-6-14)29(23,27)28/h3-10H,2,11-13H2,1H3,(H2,23,27,28)(H2,24,25,26). The van der Waals surface area contributed by atoms with Crippen molar-refractivity contribution < 1.29 is 21.6 Å². The molecule has 158 valence electrons. The Morgan fingerprint density at radius 2 is 1.59 bits per heavy atom. The zero-order chi connectivity index (χ0) is 21.5. The fourth-order valence-corrected chi connectivity index (χ4v) is 3.00. The van der Waals surface area contributed by atoms with Crippen molar-refractivity contribution in [2.45, 2.75) is 31.0 Å². The number of hydrogen-bond donors (Lipinski definition) is 3. The van der Waals surface area contributed by atoms with E-state index in [1.165, 1.54) is 24.3 Å². The van der Waals surface area contributed by atoms with Crippen LogP contribution in [0.4, 0.5) is 13.2 Å². The van der Waals surface area contributed by atoms with Crippen LogP contribution in [0.2, 0.25) is 0 Å². The zero-order valence-electron chi connectivity index (χ0n) is 15.8. The maximum Gasteiger partial charge on any atom is 0.416 e.